The van der Waals surface area contributed by atoms with Crippen molar-refractivity contribution in [2.24, 2.45) is 0 Å². The molecule has 24 heavy (non-hydrogen) atoms. The summed E-state index contributed by atoms with van der Waals surface area (Å²) in [4.78, 5) is 23.9. The largest absolute Gasteiger partial charge is 0.489 e. The first-order valence-corrected chi connectivity index (χ1v) is 7.55. The highest BCUT2D eigenvalue weighted by Gasteiger charge is 2.15. The van der Waals surface area contributed by atoms with Crippen LogP contribution in [0.2, 0.25) is 0 Å². The third-order valence-corrected chi connectivity index (χ3v) is 3.07. The van der Waals surface area contributed by atoms with Crippen molar-refractivity contribution in [1.29, 1.82) is 0 Å². The van der Waals surface area contributed by atoms with Gasteiger partial charge < -0.3 is 15.4 Å². The zero-order valence-electron chi connectivity index (χ0n) is 13.5. The molecule has 2 rings (SSSR count). The molecule has 0 aliphatic rings. The zero-order valence-corrected chi connectivity index (χ0v) is 13.5. The van der Waals surface area contributed by atoms with Gasteiger partial charge in [-0.05, 0) is 43.7 Å². The zero-order chi connectivity index (χ0) is 17.5. The van der Waals surface area contributed by atoms with E-state index < -0.39 is 11.8 Å². The summed E-state index contributed by atoms with van der Waals surface area (Å²) in [5.74, 6) is -1.44. The van der Waals surface area contributed by atoms with Crippen LogP contribution in [0.3, 0.4) is 0 Å². The highest BCUT2D eigenvalue weighted by Crippen LogP contribution is 2.24. The Morgan fingerprint density at radius 3 is 2.38 bits per heavy atom. The molecule has 5 nitrogen and oxygen atoms in total. The first-order valence-electron chi connectivity index (χ1n) is 7.55. The number of nitrogens with one attached hydrogen (secondary N) is 2. The molecule has 0 bridgehead atoms. The molecule has 126 valence electrons. The van der Waals surface area contributed by atoms with Crippen molar-refractivity contribution in [3.8, 4) is 5.75 Å². The van der Waals surface area contributed by atoms with E-state index in [2.05, 4.69) is 10.6 Å². The van der Waals surface area contributed by atoms with Crippen LogP contribution in [-0.4, -0.2) is 17.9 Å². The van der Waals surface area contributed by atoms with Crippen LogP contribution in [0, 0.1) is 5.82 Å². The molecule has 6 heteroatoms. The smallest absolute Gasteiger partial charge is 0.313 e. The Morgan fingerprint density at radius 2 is 1.71 bits per heavy atom. The number of halogens is 1. The molecule has 0 aliphatic carbocycles. The lowest BCUT2D eigenvalue weighted by molar-refractivity contribution is -0.136. The minimum absolute atomic E-state index is 0.0599. The summed E-state index contributed by atoms with van der Waals surface area (Å²) in [6, 6.07) is 12.6. The van der Waals surface area contributed by atoms with Crippen LogP contribution >= 0.6 is 0 Å². The van der Waals surface area contributed by atoms with Gasteiger partial charge in [-0.3, -0.25) is 9.59 Å². The number of hydrogen-bond acceptors (Lipinski definition) is 3. The van der Waals surface area contributed by atoms with Crippen molar-refractivity contribution >= 4 is 17.5 Å². The molecular weight excluding hydrogens is 311 g/mol. The first-order chi connectivity index (χ1) is 11.5. The van der Waals surface area contributed by atoms with Gasteiger partial charge in [-0.2, -0.15) is 0 Å². The SMILES string of the molecule is CC(C)Oc1ccccc1NC(=O)C(=O)NCc1ccc(F)cc1. The number of carbonyl (C=O) groups is 2. The van der Waals surface area contributed by atoms with E-state index in [9.17, 15) is 14.0 Å². The third-order valence-electron chi connectivity index (χ3n) is 3.07. The normalized spacial score (nSPS) is 10.3. The van der Waals surface area contributed by atoms with Crippen LogP contribution < -0.4 is 15.4 Å². The topological polar surface area (TPSA) is 67.4 Å². The van der Waals surface area contributed by atoms with Crippen molar-refractivity contribution in [3.05, 3.63) is 59.9 Å². The molecule has 0 aromatic heterocycles. The summed E-state index contributed by atoms with van der Waals surface area (Å²) in [5.41, 5.74) is 1.12. The van der Waals surface area contributed by atoms with Gasteiger partial charge >= 0.3 is 11.8 Å². The Balaban J connectivity index is 1.94. The Bertz CT molecular complexity index is 714. The van der Waals surface area contributed by atoms with Gasteiger partial charge in [-0.25, -0.2) is 4.39 Å². The van der Waals surface area contributed by atoms with E-state index in [1.54, 1.807) is 36.4 Å². The van der Waals surface area contributed by atoms with Gasteiger partial charge in [0, 0.05) is 6.54 Å². The van der Waals surface area contributed by atoms with E-state index in [1.165, 1.54) is 12.1 Å². The van der Waals surface area contributed by atoms with E-state index >= 15 is 0 Å². The quantitative estimate of drug-likeness (QED) is 0.829. The molecular formula is C18H19FN2O3. The minimum atomic E-state index is -0.795. The minimum Gasteiger partial charge on any atom is -0.489 e. The fourth-order valence-corrected chi connectivity index (χ4v) is 1.97. The average Bonchev–Trinajstić information content (AvgIpc) is 2.55. The van der Waals surface area contributed by atoms with Crippen molar-refractivity contribution in [1.82, 2.24) is 5.32 Å². The summed E-state index contributed by atoms with van der Waals surface area (Å²) in [6.45, 7) is 3.87. The van der Waals surface area contributed by atoms with Gasteiger partial charge in [-0.1, -0.05) is 24.3 Å². The van der Waals surface area contributed by atoms with Crippen molar-refractivity contribution < 1.29 is 18.7 Å². The maximum Gasteiger partial charge on any atom is 0.313 e. The molecule has 2 N–H and O–H groups in total. The Hall–Kier alpha value is -2.89. The Labute approximate surface area is 139 Å². The van der Waals surface area contributed by atoms with Gasteiger partial charge in [0.05, 0.1) is 11.8 Å². The predicted octanol–water partition coefficient (Wildman–Crippen LogP) is 2.87. The van der Waals surface area contributed by atoms with Gasteiger partial charge in [0.15, 0.2) is 0 Å². The second-order valence-corrected chi connectivity index (χ2v) is 5.43. The number of ether oxygens (including phenoxy) is 1. The Morgan fingerprint density at radius 1 is 1.04 bits per heavy atom. The lowest BCUT2D eigenvalue weighted by atomic mass is 10.2. The van der Waals surface area contributed by atoms with Crippen molar-refractivity contribution in [2.45, 2.75) is 26.5 Å². The number of hydrogen-bond donors (Lipinski definition) is 2. The van der Waals surface area contributed by atoms with Crippen LogP contribution in [-0.2, 0) is 16.1 Å². The predicted molar refractivity (Wildman–Crippen MR) is 89.1 cm³/mol. The van der Waals surface area contributed by atoms with E-state index in [0.717, 1.165) is 0 Å². The van der Waals surface area contributed by atoms with Gasteiger partial charge in [-0.15, -0.1) is 0 Å². The van der Waals surface area contributed by atoms with Crippen LogP contribution in [0.4, 0.5) is 10.1 Å². The van der Waals surface area contributed by atoms with E-state index in [-0.39, 0.29) is 18.5 Å². The summed E-state index contributed by atoms with van der Waals surface area (Å²) < 4.78 is 18.4. The fraction of sp³-hybridized carbons (Fsp3) is 0.222. The second kappa shape index (κ2) is 8.10. The highest BCUT2D eigenvalue weighted by atomic mass is 19.1. The van der Waals surface area contributed by atoms with Crippen molar-refractivity contribution in [2.75, 3.05) is 5.32 Å². The van der Waals surface area contributed by atoms with Crippen LogP contribution in [0.15, 0.2) is 48.5 Å². The van der Waals surface area contributed by atoms with Crippen LogP contribution in [0.5, 0.6) is 5.75 Å². The Kier molecular flexibility index (Phi) is 5.89. The average molecular weight is 330 g/mol. The molecule has 0 saturated heterocycles. The number of para-hydroxylation sites is 2. The summed E-state index contributed by atoms with van der Waals surface area (Å²) in [6.07, 6.45) is -0.0599. The number of carbonyl (C=O) groups excluding carboxylic acids is 2. The lowest BCUT2D eigenvalue weighted by Gasteiger charge is -2.14. The van der Waals surface area contributed by atoms with E-state index in [4.69, 9.17) is 4.74 Å². The molecule has 2 aromatic carbocycles. The van der Waals surface area contributed by atoms with Crippen molar-refractivity contribution in [3.63, 3.8) is 0 Å². The van der Waals surface area contributed by atoms with Gasteiger partial charge in [0.2, 0.25) is 0 Å². The number of anilines is 1. The molecule has 0 fully saturated rings. The number of rotatable bonds is 5. The molecule has 0 spiro atoms. The van der Waals surface area contributed by atoms with E-state index in [0.29, 0.717) is 17.0 Å². The van der Waals surface area contributed by atoms with E-state index in [1.807, 2.05) is 13.8 Å². The molecule has 2 aromatic rings. The van der Waals surface area contributed by atoms with Gasteiger partial charge in [0.1, 0.15) is 11.6 Å². The molecule has 0 atom stereocenters. The fourth-order valence-electron chi connectivity index (χ4n) is 1.97. The monoisotopic (exact) mass is 330 g/mol. The molecule has 0 saturated carbocycles. The van der Waals surface area contributed by atoms with Gasteiger partial charge in [0.25, 0.3) is 0 Å². The lowest BCUT2D eigenvalue weighted by Crippen LogP contribution is -2.35. The molecule has 0 heterocycles. The standard InChI is InChI=1S/C18H19FN2O3/c1-12(2)24-16-6-4-3-5-15(16)21-18(23)17(22)20-11-13-7-9-14(19)10-8-13/h3-10,12H,11H2,1-2H3,(H,20,22)(H,21,23). The molecule has 0 unspecified atom stereocenters. The van der Waals surface area contributed by atoms with Crippen LogP contribution in [0.1, 0.15) is 19.4 Å². The number of benzene rings is 2. The van der Waals surface area contributed by atoms with Crippen LogP contribution in [0.25, 0.3) is 0 Å². The maximum absolute atomic E-state index is 12.8. The first kappa shape index (κ1) is 17.5. The number of amides is 2. The molecule has 0 radical (unpaired) electrons. The summed E-state index contributed by atoms with van der Waals surface area (Å²) >= 11 is 0. The second-order valence-electron chi connectivity index (χ2n) is 5.43. The highest BCUT2D eigenvalue weighted by molar-refractivity contribution is 6.39. The molecule has 2 amide bonds. The summed E-state index contributed by atoms with van der Waals surface area (Å²) in [7, 11) is 0. The molecule has 0 aliphatic heterocycles. The third kappa shape index (κ3) is 5.08. The maximum atomic E-state index is 12.8. The summed E-state index contributed by atoms with van der Waals surface area (Å²) in [5, 5.41) is 5.01.